The monoisotopic (exact) mass is 293 g/mol. The molecule has 1 atom stereocenters. The van der Waals surface area contributed by atoms with E-state index in [0.29, 0.717) is 4.67 Å². The summed E-state index contributed by atoms with van der Waals surface area (Å²) in [6, 6.07) is 9.58. The van der Waals surface area contributed by atoms with Crippen molar-refractivity contribution in [2.75, 3.05) is 6.61 Å². The molecule has 17 heavy (non-hydrogen) atoms. The van der Waals surface area contributed by atoms with E-state index < -0.39 is 0 Å². The van der Waals surface area contributed by atoms with Crippen molar-refractivity contribution in [3.63, 3.8) is 0 Å². The van der Waals surface area contributed by atoms with E-state index in [1.54, 1.807) is 0 Å². The number of benzene rings is 1. The lowest BCUT2D eigenvalue weighted by Gasteiger charge is -2.10. The molecule has 0 radical (unpaired) electrons. The van der Waals surface area contributed by atoms with Crippen LogP contribution < -0.4 is 10.5 Å². The molecule has 1 aromatic heterocycles. The van der Waals surface area contributed by atoms with Gasteiger partial charge in [-0.2, -0.15) is 0 Å². The minimum atomic E-state index is -0.229. The third-order valence-electron chi connectivity index (χ3n) is 2.97. The van der Waals surface area contributed by atoms with Crippen molar-refractivity contribution in [1.29, 1.82) is 0 Å². The standard InChI is InChI=1S/C13H12BrNO2/c14-12-4-3-11(17-12)13(15)9-1-2-10-8(7-9)5-6-16-10/h1-4,7,13H,5-6,15H2. The van der Waals surface area contributed by atoms with Crippen molar-refractivity contribution in [1.82, 2.24) is 0 Å². The van der Waals surface area contributed by atoms with Crippen molar-refractivity contribution < 1.29 is 9.15 Å². The van der Waals surface area contributed by atoms with Crippen LogP contribution in [0.15, 0.2) is 39.4 Å². The lowest BCUT2D eigenvalue weighted by atomic mass is 10.0. The molecule has 1 aliphatic rings. The van der Waals surface area contributed by atoms with Crippen LogP contribution in [0.1, 0.15) is 22.9 Å². The van der Waals surface area contributed by atoms with E-state index in [2.05, 4.69) is 22.0 Å². The van der Waals surface area contributed by atoms with Gasteiger partial charge < -0.3 is 14.9 Å². The molecule has 0 aliphatic carbocycles. The Morgan fingerprint density at radius 2 is 2.12 bits per heavy atom. The number of hydrogen-bond donors (Lipinski definition) is 1. The number of hydrogen-bond acceptors (Lipinski definition) is 3. The van der Waals surface area contributed by atoms with Crippen LogP contribution in [-0.2, 0) is 6.42 Å². The largest absolute Gasteiger partial charge is 0.493 e. The van der Waals surface area contributed by atoms with Gasteiger partial charge in [0.05, 0.1) is 12.6 Å². The summed E-state index contributed by atoms with van der Waals surface area (Å²) in [4.78, 5) is 0. The number of halogens is 1. The fourth-order valence-electron chi connectivity index (χ4n) is 2.06. The van der Waals surface area contributed by atoms with Crippen LogP contribution in [0.25, 0.3) is 0 Å². The van der Waals surface area contributed by atoms with Gasteiger partial charge in [-0.15, -0.1) is 0 Å². The molecule has 3 nitrogen and oxygen atoms in total. The molecule has 2 aromatic rings. The van der Waals surface area contributed by atoms with Crippen LogP contribution in [0.5, 0.6) is 5.75 Å². The summed E-state index contributed by atoms with van der Waals surface area (Å²) in [6.45, 7) is 0.764. The third kappa shape index (κ3) is 1.98. The first-order valence-corrected chi connectivity index (χ1v) is 6.30. The molecule has 88 valence electrons. The smallest absolute Gasteiger partial charge is 0.169 e. The zero-order chi connectivity index (χ0) is 11.8. The Labute approximate surface area is 108 Å². The molecule has 0 saturated heterocycles. The maximum atomic E-state index is 6.17. The van der Waals surface area contributed by atoms with E-state index in [9.17, 15) is 0 Å². The van der Waals surface area contributed by atoms with Crippen LogP contribution >= 0.6 is 15.9 Å². The van der Waals surface area contributed by atoms with Gasteiger partial charge in [-0.1, -0.05) is 6.07 Å². The van der Waals surface area contributed by atoms with Gasteiger partial charge in [-0.05, 0) is 51.3 Å². The molecule has 2 heterocycles. The van der Waals surface area contributed by atoms with Gasteiger partial charge in [0.25, 0.3) is 0 Å². The molecule has 1 aliphatic heterocycles. The molecule has 0 saturated carbocycles. The summed E-state index contributed by atoms with van der Waals surface area (Å²) in [5.74, 6) is 1.73. The van der Waals surface area contributed by atoms with Gasteiger partial charge in [-0.25, -0.2) is 0 Å². The molecule has 4 heteroatoms. The highest BCUT2D eigenvalue weighted by Gasteiger charge is 2.17. The second kappa shape index (κ2) is 4.20. The molecule has 0 bridgehead atoms. The highest BCUT2D eigenvalue weighted by Crippen LogP contribution is 2.30. The summed E-state index contributed by atoms with van der Waals surface area (Å²) >= 11 is 3.28. The second-order valence-corrected chi connectivity index (χ2v) is 4.87. The van der Waals surface area contributed by atoms with E-state index in [1.165, 1.54) is 5.56 Å². The van der Waals surface area contributed by atoms with Gasteiger partial charge in [-0.3, -0.25) is 0 Å². The Balaban J connectivity index is 1.94. The normalized spacial score (nSPS) is 15.4. The van der Waals surface area contributed by atoms with Crippen LogP contribution in [0.4, 0.5) is 0 Å². The Morgan fingerprint density at radius 1 is 1.24 bits per heavy atom. The Kier molecular flexibility index (Phi) is 2.68. The quantitative estimate of drug-likeness (QED) is 0.926. The maximum Gasteiger partial charge on any atom is 0.169 e. The van der Waals surface area contributed by atoms with Gasteiger partial charge in [0.1, 0.15) is 11.5 Å². The predicted molar refractivity (Wildman–Crippen MR) is 68.1 cm³/mol. The zero-order valence-corrected chi connectivity index (χ0v) is 10.7. The summed E-state index contributed by atoms with van der Waals surface area (Å²) in [5, 5.41) is 0. The Hall–Kier alpha value is -1.26. The number of furan rings is 1. The first kappa shape index (κ1) is 10.9. The summed E-state index contributed by atoms with van der Waals surface area (Å²) < 4.78 is 11.7. The van der Waals surface area contributed by atoms with Gasteiger partial charge in [0.15, 0.2) is 4.67 Å². The van der Waals surface area contributed by atoms with Crippen LogP contribution in [-0.4, -0.2) is 6.61 Å². The van der Waals surface area contributed by atoms with E-state index in [1.807, 2.05) is 24.3 Å². The zero-order valence-electron chi connectivity index (χ0n) is 9.15. The fraction of sp³-hybridized carbons (Fsp3) is 0.231. The summed E-state index contributed by atoms with van der Waals surface area (Å²) in [6.07, 6.45) is 0.956. The van der Waals surface area contributed by atoms with Crippen molar-refractivity contribution >= 4 is 15.9 Å². The fourth-order valence-corrected chi connectivity index (χ4v) is 2.38. The third-order valence-corrected chi connectivity index (χ3v) is 3.40. The van der Waals surface area contributed by atoms with Crippen LogP contribution in [0.3, 0.4) is 0 Å². The van der Waals surface area contributed by atoms with Gasteiger partial charge in [0.2, 0.25) is 0 Å². The summed E-state index contributed by atoms with van der Waals surface area (Å²) in [7, 11) is 0. The molecular weight excluding hydrogens is 282 g/mol. The van der Waals surface area contributed by atoms with E-state index in [4.69, 9.17) is 14.9 Å². The number of fused-ring (bicyclic) bond motifs is 1. The number of rotatable bonds is 2. The van der Waals surface area contributed by atoms with Gasteiger partial charge in [0, 0.05) is 6.42 Å². The minimum absolute atomic E-state index is 0.229. The summed E-state index contributed by atoms with van der Waals surface area (Å²) in [5.41, 5.74) is 8.45. The van der Waals surface area contributed by atoms with Crippen molar-refractivity contribution in [2.45, 2.75) is 12.5 Å². The first-order valence-electron chi connectivity index (χ1n) is 5.50. The topological polar surface area (TPSA) is 48.4 Å². The molecule has 2 N–H and O–H groups in total. The van der Waals surface area contributed by atoms with Crippen LogP contribution in [0, 0.1) is 0 Å². The Bertz CT molecular complexity index is 550. The highest BCUT2D eigenvalue weighted by atomic mass is 79.9. The molecule has 0 fully saturated rings. The average molecular weight is 294 g/mol. The molecule has 3 rings (SSSR count). The predicted octanol–water partition coefficient (Wildman–Crippen LogP) is 3.03. The average Bonchev–Trinajstić information content (AvgIpc) is 2.95. The lowest BCUT2D eigenvalue weighted by Crippen LogP contribution is -2.10. The van der Waals surface area contributed by atoms with Gasteiger partial charge >= 0.3 is 0 Å². The van der Waals surface area contributed by atoms with Crippen molar-refractivity contribution in [3.8, 4) is 5.75 Å². The molecule has 0 spiro atoms. The molecule has 0 amide bonds. The van der Waals surface area contributed by atoms with E-state index in [0.717, 1.165) is 30.1 Å². The molecule has 1 aromatic carbocycles. The van der Waals surface area contributed by atoms with E-state index >= 15 is 0 Å². The maximum absolute atomic E-state index is 6.17. The Morgan fingerprint density at radius 3 is 2.88 bits per heavy atom. The lowest BCUT2D eigenvalue weighted by molar-refractivity contribution is 0.356. The first-order chi connectivity index (χ1) is 8.24. The SMILES string of the molecule is NC(c1ccc2c(c1)CCO2)c1ccc(Br)o1. The minimum Gasteiger partial charge on any atom is -0.493 e. The molecular formula is C13H12BrNO2. The number of nitrogens with two attached hydrogens (primary N) is 1. The highest BCUT2D eigenvalue weighted by molar-refractivity contribution is 9.10. The second-order valence-electron chi connectivity index (χ2n) is 4.09. The van der Waals surface area contributed by atoms with Crippen molar-refractivity contribution in [3.05, 3.63) is 51.9 Å². The van der Waals surface area contributed by atoms with Crippen LogP contribution in [0.2, 0.25) is 0 Å². The van der Waals surface area contributed by atoms with Crippen molar-refractivity contribution in [2.24, 2.45) is 5.73 Å². The number of ether oxygens (including phenoxy) is 1. The molecule has 1 unspecified atom stereocenters. The van der Waals surface area contributed by atoms with E-state index in [-0.39, 0.29) is 6.04 Å².